The summed E-state index contributed by atoms with van der Waals surface area (Å²) in [7, 11) is 0. The van der Waals surface area contributed by atoms with E-state index >= 15 is 0 Å². The van der Waals surface area contributed by atoms with Crippen LogP contribution in [0.3, 0.4) is 0 Å². The zero-order valence-corrected chi connectivity index (χ0v) is 22.4. The van der Waals surface area contributed by atoms with Crippen molar-refractivity contribution in [3.63, 3.8) is 0 Å². The number of carboxylic acid groups (broad SMARTS) is 1. The molecule has 1 aromatic carbocycles. The van der Waals surface area contributed by atoms with Crippen LogP contribution < -0.4 is 5.32 Å². The van der Waals surface area contributed by atoms with Crippen molar-refractivity contribution in [1.82, 2.24) is 24.9 Å². The third kappa shape index (κ3) is 5.62. The lowest BCUT2D eigenvalue weighted by Gasteiger charge is -2.25. The topological polar surface area (TPSA) is 108 Å². The molecule has 3 heterocycles. The molecule has 3 atom stereocenters. The molecule has 2 saturated heterocycles. The Kier molecular flexibility index (Phi) is 7.83. The number of nitrogens with zero attached hydrogens (tertiary/aromatic N) is 4. The molecule has 3 aliphatic rings. The Morgan fingerprint density at radius 1 is 1.03 bits per heavy atom. The van der Waals surface area contributed by atoms with Crippen LogP contribution in [-0.4, -0.2) is 75.2 Å². The lowest BCUT2D eigenvalue weighted by atomic mass is 10.0. The Morgan fingerprint density at radius 3 is 2.32 bits per heavy atom. The number of likely N-dealkylation sites (tertiary alicyclic amines) is 2. The largest absolute Gasteiger partial charge is 0.480 e. The maximum Gasteiger partial charge on any atom is 0.325 e. The number of carbonyl (C=O) groups excluding carboxylic acids is 2. The van der Waals surface area contributed by atoms with E-state index in [9.17, 15) is 14.4 Å². The summed E-state index contributed by atoms with van der Waals surface area (Å²) in [5.41, 5.74) is 2.88. The SMILES string of the molecule is Cc1nn(CC(=O)O)c(C)c1C(=O)N1CC2CN(CCC(NC(=O)C3CCCC3)c3ccccc3)CC2C1. The molecule has 0 spiro atoms. The van der Waals surface area contributed by atoms with Gasteiger partial charge in [0.15, 0.2) is 0 Å². The highest BCUT2D eigenvalue weighted by molar-refractivity contribution is 5.96. The van der Waals surface area contributed by atoms with Crippen molar-refractivity contribution in [2.45, 2.75) is 58.5 Å². The van der Waals surface area contributed by atoms with Crippen molar-refractivity contribution >= 4 is 17.8 Å². The summed E-state index contributed by atoms with van der Waals surface area (Å²) in [4.78, 5) is 41.8. The molecule has 2 N–H and O–H groups in total. The van der Waals surface area contributed by atoms with Crippen molar-refractivity contribution in [3.8, 4) is 0 Å². The highest BCUT2D eigenvalue weighted by Gasteiger charge is 2.42. The van der Waals surface area contributed by atoms with Crippen LogP contribution in [0.25, 0.3) is 0 Å². The number of aromatic nitrogens is 2. The van der Waals surface area contributed by atoms with Crippen LogP contribution in [-0.2, 0) is 16.1 Å². The minimum Gasteiger partial charge on any atom is -0.480 e. The van der Waals surface area contributed by atoms with Crippen LogP contribution >= 0.6 is 0 Å². The monoisotopic (exact) mass is 521 g/mol. The molecule has 3 fully saturated rings. The number of fused-ring (bicyclic) bond motifs is 1. The Balaban J connectivity index is 1.17. The Hall–Kier alpha value is -3.20. The molecule has 2 aliphatic heterocycles. The molecule has 0 radical (unpaired) electrons. The van der Waals surface area contributed by atoms with Gasteiger partial charge in [-0.3, -0.25) is 19.1 Å². The van der Waals surface area contributed by atoms with Gasteiger partial charge in [-0.1, -0.05) is 43.2 Å². The van der Waals surface area contributed by atoms with Crippen LogP contribution in [0.2, 0.25) is 0 Å². The van der Waals surface area contributed by atoms with Crippen molar-refractivity contribution in [2.75, 3.05) is 32.7 Å². The van der Waals surface area contributed by atoms with E-state index in [4.69, 9.17) is 5.11 Å². The Labute approximate surface area is 224 Å². The maximum atomic E-state index is 13.4. The van der Waals surface area contributed by atoms with Crippen LogP contribution in [0.4, 0.5) is 0 Å². The summed E-state index contributed by atoms with van der Waals surface area (Å²) in [5, 5.41) is 16.8. The van der Waals surface area contributed by atoms with E-state index in [1.165, 1.54) is 4.68 Å². The molecule has 5 rings (SSSR count). The molecule has 0 bridgehead atoms. The molecule has 1 aliphatic carbocycles. The van der Waals surface area contributed by atoms with Gasteiger partial charge >= 0.3 is 5.97 Å². The fourth-order valence-electron chi connectivity index (χ4n) is 6.68. The second-order valence-electron chi connectivity index (χ2n) is 11.3. The average Bonchev–Trinajstić information content (AvgIpc) is 3.67. The second-order valence-corrected chi connectivity index (χ2v) is 11.3. The Morgan fingerprint density at radius 2 is 1.68 bits per heavy atom. The number of rotatable bonds is 9. The predicted octanol–water partition coefficient (Wildman–Crippen LogP) is 3.03. The van der Waals surface area contributed by atoms with E-state index in [1.807, 2.05) is 23.1 Å². The van der Waals surface area contributed by atoms with Gasteiger partial charge in [0.25, 0.3) is 5.91 Å². The number of carbonyl (C=O) groups is 3. The molecule has 38 heavy (non-hydrogen) atoms. The number of benzene rings is 1. The summed E-state index contributed by atoms with van der Waals surface area (Å²) in [6, 6.07) is 10.3. The van der Waals surface area contributed by atoms with E-state index in [0.29, 0.717) is 41.9 Å². The maximum absolute atomic E-state index is 13.4. The molecule has 204 valence electrons. The molecule has 9 nitrogen and oxygen atoms in total. The minimum atomic E-state index is -0.974. The Bertz CT molecular complexity index is 1160. The van der Waals surface area contributed by atoms with Gasteiger partial charge in [0.2, 0.25) is 5.91 Å². The van der Waals surface area contributed by atoms with Gasteiger partial charge in [-0.25, -0.2) is 0 Å². The molecule has 2 amide bonds. The fraction of sp³-hybridized carbons (Fsp3) is 0.586. The average molecular weight is 522 g/mol. The smallest absolute Gasteiger partial charge is 0.325 e. The quantitative estimate of drug-likeness (QED) is 0.525. The number of carboxylic acids is 1. The highest BCUT2D eigenvalue weighted by atomic mass is 16.4. The second kappa shape index (κ2) is 11.3. The predicted molar refractivity (Wildman–Crippen MR) is 143 cm³/mol. The van der Waals surface area contributed by atoms with Gasteiger partial charge in [0.05, 0.1) is 17.3 Å². The first kappa shape index (κ1) is 26.4. The molecular formula is C29H39N5O4. The number of aliphatic carboxylic acids is 1. The minimum absolute atomic E-state index is 0.0103. The molecule has 1 saturated carbocycles. The fourth-order valence-corrected chi connectivity index (χ4v) is 6.68. The lowest BCUT2D eigenvalue weighted by molar-refractivity contribution is -0.138. The molecular weight excluding hydrogens is 482 g/mol. The highest BCUT2D eigenvalue weighted by Crippen LogP contribution is 2.33. The van der Waals surface area contributed by atoms with E-state index in [-0.39, 0.29) is 30.3 Å². The van der Waals surface area contributed by atoms with Crippen LogP contribution in [0.5, 0.6) is 0 Å². The number of hydrogen-bond donors (Lipinski definition) is 2. The van der Waals surface area contributed by atoms with E-state index in [0.717, 1.165) is 57.3 Å². The molecule has 1 aromatic heterocycles. The lowest BCUT2D eigenvalue weighted by Crippen LogP contribution is -2.36. The van der Waals surface area contributed by atoms with Crippen molar-refractivity contribution in [2.24, 2.45) is 17.8 Å². The normalized spacial score (nSPS) is 22.5. The first-order valence-electron chi connectivity index (χ1n) is 13.9. The van der Waals surface area contributed by atoms with Gasteiger partial charge < -0.3 is 20.2 Å². The van der Waals surface area contributed by atoms with Crippen LogP contribution in [0, 0.1) is 31.6 Å². The third-order valence-corrected chi connectivity index (χ3v) is 8.71. The van der Waals surface area contributed by atoms with Gasteiger partial charge in [-0.15, -0.1) is 0 Å². The number of hydrogen-bond acceptors (Lipinski definition) is 5. The van der Waals surface area contributed by atoms with Gasteiger partial charge in [-0.05, 0) is 50.5 Å². The summed E-state index contributed by atoms with van der Waals surface area (Å²) in [6.45, 7) is 7.52. The van der Waals surface area contributed by atoms with Crippen LogP contribution in [0.1, 0.15) is 65.5 Å². The number of nitrogens with one attached hydrogen (secondary N) is 1. The zero-order chi connectivity index (χ0) is 26.8. The summed E-state index contributed by atoms with van der Waals surface area (Å²) in [6.07, 6.45) is 5.16. The first-order chi connectivity index (χ1) is 18.3. The van der Waals surface area contributed by atoms with Gasteiger partial charge in [0, 0.05) is 44.3 Å². The first-order valence-corrected chi connectivity index (χ1v) is 13.9. The number of amides is 2. The van der Waals surface area contributed by atoms with Crippen molar-refractivity contribution in [1.29, 1.82) is 0 Å². The van der Waals surface area contributed by atoms with Crippen molar-refractivity contribution in [3.05, 3.63) is 52.8 Å². The summed E-state index contributed by atoms with van der Waals surface area (Å²) in [5.74, 6) is 0.184. The van der Waals surface area contributed by atoms with Gasteiger partial charge in [-0.2, -0.15) is 5.10 Å². The van der Waals surface area contributed by atoms with Gasteiger partial charge in [0.1, 0.15) is 6.54 Å². The van der Waals surface area contributed by atoms with Crippen molar-refractivity contribution < 1.29 is 19.5 Å². The van der Waals surface area contributed by atoms with Crippen LogP contribution in [0.15, 0.2) is 30.3 Å². The molecule has 9 heteroatoms. The van der Waals surface area contributed by atoms with E-state index < -0.39 is 5.97 Å². The summed E-state index contributed by atoms with van der Waals surface area (Å²) < 4.78 is 1.40. The standard InChI is InChI=1S/C29H39N5O4/c1-19-27(20(2)34(31-19)18-26(35)36)29(38)33-16-23-14-32(15-24(23)17-33)13-12-25(21-8-4-3-5-9-21)30-28(37)22-10-6-7-11-22/h3-5,8-9,22-25H,6-7,10-18H2,1-2H3,(H,30,37)(H,35,36). The third-order valence-electron chi connectivity index (χ3n) is 8.71. The molecule has 3 unspecified atom stereocenters. The zero-order valence-electron chi connectivity index (χ0n) is 22.4. The summed E-state index contributed by atoms with van der Waals surface area (Å²) >= 11 is 0. The van der Waals surface area contributed by atoms with E-state index in [2.05, 4.69) is 27.4 Å². The van der Waals surface area contributed by atoms with E-state index in [1.54, 1.807) is 13.8 Å². The molecule has 2 aromatic rings. The number of aryl methyl sites for hydroxylation is 1.